The largest absolute Gasteiger partial charge is 0.461 e. The minimum absolute atomic E-state index is 0.174. The van der Waals surface area contributed by atoms with Gasteiger partial charge in [0.05, 0.1) is 6.54 Å². The molecular formula is C17H26N2O4S. The summed E-state index contributed by atoms with van der Waals surface area (Å²) in [6, 6.07) is 3.76. The van der Waals surface area contributed by atoms with Gasteiger partial charge in [0.2, 0.25) is 5.91 Å². The molecule has 2 rings (SSSR count). The van der Waals surface area contributed by atoms with E-state index in [2.05, 4.69) is 4.90 Å². The predicted octanol–water partition coefficient (Wildman–Crippen LogP) is 2.13. The molecule has 1 aromatic heterocycles. The Morgan fingerprint density at radius 1 is 1.21 bits per heavy atom. The molecule has 1 amide bonds. The Hall–Kier alpha value is -1.47. The molecule has 0 bridgehead atoms. The van der Waals surface area contributed by atoms with Gasteiger partial charge in [0.25, 0.3) is 0 Å². The first kappa shape index (κ1) is 18.9. The van der Waals surface area contributed by atoms with Gasteiger partial charge in [0.15, 0.2) is 0 Å². The zero-order chi connectivity index (χ0) is 17.4. The van der Waals surface area contributed by atoms with Crippen LogP contribution in [-0.4, -0.2) is 59.9 Å². The number of carbonyl (C=O) groups is 2. The number of ether oxygens (including phenoxy) is 1. The van der Waals surface area contributed by atoms with Crippen molar-refractivity contribution in [3.8, 4) is 0 Å². The van der Waals surface area contributed by atoms with E-state index in [1.807, 2.05) is 23.3 Å². The number of thioether (sulfide) groups is 1. The van der Waals surface area contributed by atoms with E-state index in [4.69, 9.17) is 9.15 Å². The normalized spacial score (nSPS) is 16.0. The molecule has 0 unspecified atom stereocenters. The molecule has 1 fully saturated rings. The summed E-state index contributed by atoms with van der Waals surface area (Å²) in [6.07, 6.45) is 3.63. The Morgan fingerprint density at radius 3 is 2.75 bits per heavy atom. The van der Waals surface area contributed by atoms with Gasteiger partial charge in [0, 0.05) is 45.3 Å². The second-order valence-electron chi connectivity index (χ2n) is 5.90. The van der Waals surface area contributed by atoms with E-state index in [0.29, 0.717) is 18.7 Å². The molecule has 0 radical (unpaired) electrons. The smallest absolute Gasteiger partial charge is 0.303 e. The first-order valence-corrected chi connectivity index (χ1v) is 9.68. The lowest BCUT2D eigenvalue weighted by molar-refractivity contribution is -0.142. The Balaban J connectivity index is 1.79. The van der Waals surface area contributed by atoms with Crippen molar-refractivity contribution in [3.63, 3.8) is 0 Å². The SMILES string of the molecule is CSCCC(=O)N1CCCN(Cc2ccc(COC(C)=O)o2)CC1. The molecule has 1 aliphatic rings. The fourth-order valence-corrected chi connectivity index (χ4v) is 3.08. The maximum absolute atomic E-state index is 12.1. The lowest BCUT2D eigenvalue weighted by atomic mass is 10.3. The van der Waals surface area contributed by atoms with Gasteiger partial charge >= 0.3 is 5.97 Å². The number of furan rings is 1. The highest BCUT2D eigenvalue weighted by Crippen LogP contribution is 2.14. The number of hydrogen-bond acceptors (Lipinski definition) is 6. The second kappa shape index (κ2) is 9.74. The van der Waals surface area contributed by atoms with Crippen LogP contribution >= 0.6 is 11.8 Å². The molecule has 0 aliphatic carbocycles. The van der Waals surface area contributed by atoms with Crippen LogP contribution in [0.4, 0.5) is 0 Å². The van der Waals surface area contributed by atoms with Crippen molar-refractivity contribution >= 4 is 23.6 Å². The topological polar surface area (TPSA) is 63.0 Å². The van der Waals surface area contributed by atoms with Crippen LogP contribution in [0.2, 0.25) is 0 Å². The van der Waals surface area contributed by atoms with Crippen LogP contribution in [0.5, 0.6) is 0 Å². The van der Waals surface area contributed by atoms with E-state index in [1.54, 1.807) is 11.8 Å². The molecule has 7 heteroatoms. The molecule has 24 heavy (non-hydrogen) atoms. The van der Waals surface area contributed by atoms with Gasteiger partial charge in [-0.15, -0.1) is 0 Å². The van der Waals surface area contributed by atoms with Crippen LogP contribution in [0.1, 0.15) is 31.3 Å². The van der Waals surface area contributed by atoms with E-state index in [-0.39, 0.29) is 18.5 Å². The quantitative estimate of drug-likeness (QED) is 0.699. The molecule has 6 nitrogen and oxygen atoms in total. The van der Waals surface area contributed by atoms with Gasteiger partial charge in [-0.25, -0.2) is 0 Å². The maximum atomic E-state index is 12.1. The predicted molar refractivity (Wildman–Crippen MR) is 93.7 cm³/mol. The van der Waals surface area contributed by atoms with Crippen LogP contribution in [0.25, 0.3) is 0 Å². The highest BCUT2D eigenvalue weighted by Gasteiger charge is 2.19. The van der Waals surface area contributed by atoms with Crippen molar-refractivity contribution < 1.29 is 18.7 Å². The molecule has 0 aromatic carbocycles. The van der Waals surface area contributed by atoms with Gasteiger partial charge in [-0.2, -0.15) is 11.8 Å². The highest BCUT2D eigenvalue weighted by atomic mass is 32.2. The van der Waals surface area contributed by atoms with E-state index in [0.717, 1.165) is 44.1 Å². The standard InChI is InChI=1S/C17H26N2O4S/c1-14(20)22-13-16-5-4-15(23-16)12-18-7-3-8-19(10-9-18)17(21)6-11-24-2/h4-5H,3,6-13H2,1-2H3. The lowest BCUT2D eigenvalue weighted by Gasteiger charge is -2.21. The molecule has 134 valence electrons. The van der Waals surface area contributed by atoms with Crippen molar-refractivity contribution in [1.29, 1.82) is 0 Å². The summed E-state index contributed by atoms with van der Waals surface area (Å²) in [4.78, 5) is 27.2. The third kappa shape index (κ3) is 6.20. The van der Waals surface area contributed by atoms with E-state index >= 15 is 0 Å². The van der Waals surface area contributed by atoms with Crippen LogP contribution in [-0.2, 0) is 27.5 Å². The molecule has 2 heterocycles. The number of carbonyl (C=O) groups excluding carboxylic acids is 2. The summed E-state index contributed by atoms with van der Waals surface area (Å²) in [6.45, 7) is 5.68. The number of amides is 1. The number of esters is 1. The Bertz CT molecular complexity index is 546. The van der Waals surface area contributed by atoms with Crippen molar-refractivity contribution in [3.05, 3.63) is 23.7 Å². The van der Waals surface area contributed by atoms with Gasteiger partial charge < -0.3 is 14.1 Å². The molecule has 1 aromatic rings. The molecular weight excluding hydrogens is 328 g/mol. The number of rotatable bonds is 7. The minimum Gasteiger partial charge on any atom is -0.461 e. The fourth-order valence-electron chi connectivity index (χ4n) is 2.70. The first-order chi connectivity index (χ1) is 11.6. The van der Waals surface area contributed by atoms with Crippen molar-refractivity contribution in [1.82, 2.24) is 9.80 Å². The Kier molecular flexibility index (Phi) is 7.65. The monoisotopic (exact) mass is 354 g/mol. The van der Waals surface area contributed by atoms with Gasteiger partial charge in [0.1, 0.15) is 18.1 Å². The zero-order valence-electron chi connectivity index (χ0n) is 14.5. The minimum atomic E-state index is -0.313. The molecule has 1 aliphatic heterocycles. The van der Waals surface area contributed by atoms with Gasteiger partial charge in [-0.05, 0) is 24.8 Å². The summed E-state index contributed by atoms with van der Waals surface area (Å²) in [5.74, 6) is 2.35. The summed E-state index contributed by atoms with van der Waals surface area (Å²) in [5.41, 5.74) is 0. The van der Waals surface area contributed by atoms with E-state index in [1.165, 1.54) is 6.92 Å². The number of nitrogens with zero attached hydrogens (tertiary/aromatic N) is 2. The van der Waals surface area contributed by atoms with Crippen LogP contribution in [0.3, 0.4) is 0 Å². The highest BCUT2D eigenvalue weighted by molar-refractivity contribution is 7.98. The molecule has 1 saturated heterocycles. The molecule has 0 saturated carbocycles. The van der Waals surface area contributed by atoms with E-state index in [9.17, 15) is 9.59 Å². The van der Waals surface area contributed by atoms with E-state index < -0.39 is 0 Å². The average molecular weight is 354 g/mol. The average Bonchev–Trinajstić information content (AvgIpc) is 2.87. The van der Waals surface area contributed by atoms with Crippen LogP contribution in [0, 0.1) is 0 Å². The van der Waals surface area contributed by atoms with Gasteiger partial charge in [-0.3, -0.25) is 14.5 Å². The third-order valence-electron chi connectivity index (χ3n) is 3.98. The zero-order valence-corrected chi connectivity index (χ0v) is 15.3. The van der Waals surface area contributed by atoms with Crippen LogP contribution in [0.15, 0.2) is 16.5 Å². The summed E-state index contributed by atoms with van der Waals surface area (Å²) >= 11 is 1.71. The van der Waals surface area contributed by atoms with Crippen molar-refractivity contribution in [2.24, 2.45) is 0 Å². The van der Waals surface area contributed by atoms with Gasteiger partial charge in [-0.1, -0.05) is 0 Å². The summed E-state index contributed by atoms with van der Waals surface area (Å²) < 4.78 is 10.6. The Labute approximate surface area is 147 Å². The second-order valence-corrected chi connectivity index (χ2v) is 6.89. The number of hydrogen-bond donors (Lipinski definition) is 0. The first-order valence-electron chi connectivity index (χ1n) is 8.28. The summed E-state index contributed by atoms with van der Waals surface area (Å²) in [7, 11) is 0. The third-order valence-corrected chi connectivity index (χ3v) is 4.59. The fraction of sp³-hybridized carbons (Fsp3) is 0.647. The summed E-state index contributed by atoms with van der Waals surface area (Å²) in [5, 5.41) is 0. The Morgan fingerprint density at radius 2 is 2.00 bits per heavy atom. The van der Waals surface area contributed by atoms with Crippen molar-refractivity contribution in [2.75, 3.05) is 38.2 Å². The molecule has 0 spiro atoms. The molecule has 0 atom stereocenters. The maximum Gasteiger partial charge on any atom is 0.303 e. The molecule has 0 N–H and O–H groups in total. The van der Waals surface area contributed by atoms with Crippen molar-refractivity contribution in [2.45, 2.75) is 32.9 Å². The lowest BCUT2D eigenvalue weighted by Crippen LogP contribution is -2.35. The van der Waals surface area contributed by atoms with Crippen LogP contribution < -0.4 is 0 Å².